The molecule has 0 saturated carbocycles. The second kappa shape index (κ2) is 8.78. The molecule has 1 heterocycles. The number of hydrogen-bond donors (Lipinski definition) is 1. The van der Waals surface area contributed by atoms with Crippen LogP contribution in [0.2, 0.25) is 0 Å². The van der Waals surface area contributed by atoms with Gasteiger partial charge in [-0.1, -0.05) is 66.7 Å². The van der Waals surface area contributed by atoms with Gasteiger partial charge in [0.25, 0.3) is 0 Å². The smallest absolute Gasteiger partial charge is 0.205 e. The lowest BCUT2D eigenvalue weighted by Crippen LogP contribution is -2.41. The van der Waals surface area contributed by atoms with Gasteiger partial charge in [0.1, 0.15) is 11.2 Å². The summed E-state index contributed by atoms with van der Waals surface area (Å²) < 4.78 is 20.4. The molecule has 0 fully saturated rings. The van der Waals surface area contributed by atoms with Gasteiger partial charge in [0.2, 0.25) is 7.29 Å². The number of furan rings is 1. The Kier molecular flexibility index (Phi) is 5.91. The molecule has 0 amide bonds. The Hall–Kier alpha value is -3.38. The Morgan fingerprint density at radius 3 is 1.81 bits per heavy atom. The number of nitrogens with zero attached hydrogens (tertiary/aromatic N) is 1. The fourth-order valence-electron chi connectivity index (χ4n) is 3.77. The lowest BCUT2D eigenvalue weighted by molar-refractivity contribution is 0.366. The van der Waals surface area contributed by atoms with E-state index in [2.05, 4.69) is 11.2 Å². The van der Waals surface area contributed by atoms with Gasteiger partial charge in [-0.15, -0.1) is 0 Å². The maximum Gasteiger partial charge on any atom is 0.205 e. The van der Waals surface area contributed by atoms with Crippen molar-refractivity contribution in [1.82, 2.24) is 5.09 Å². The first kappa shape index (κ1) is 20.9. The normalized spacial score (nSPS) is 14.3. The van der Waals surface area contributed by atoms with E-state index in [1.807, 2.05) is 104 Å². The molecule has 0 saturated heterocycles. The zero-order valence-corrected chi connectivity index (χ0v) is 18.1. The summed E-state index contributed by atoms with van der Waals surface area (Å²) in [5.41, 5.74) is -0.211. The highest BCUT2D eigenvalue weighted by molar-refractivity contribution is 7.76. The van der Waals surface area contributed by atoms with Crippen LogP contribution >= 0.6 is 7.29 Å². The van der Waals surface area contributed by atoms with E-state index < -0.39 is 18.7 Å². The fraction of sp³-hybridized carbons (Fsp3) is 0.115. The first-order valence-corrected chi connectivity index (χ1v) is 11.8. The summed E-state index contributed by atoms with van der Waals surface area (Å²) in [6.45, 7) is 1.85. The van der Waals surface area contributed by atoms with Crippen molar-refractivity contribution in [3.05, 3.63) is 121 Å². The molecular formula is C26H23N2O2P. The molecule has 1 N–H and O–H groups in total. The highest BCUT2D eigenvalue weighted by atomic mass is 31.2. The van der Waals surface area contributed by atoms with Gasteiger partial charge in [0, 0.05) is 10.6 Å². The van der Waals surface area contributed by atoms with E-state index in [1.54, 1.807) is 12.3 Å². The molecule has 0 bridgehead atoms. The second-order valence-electron chi connectivity index (χ2n) is 7.54. The van der Waals surface area contributed by atoms with Crippen LogP contribution in [0.5, 0.6) is 0 Å². The number of hydrogen-bond acceptors (Lipinski definition) is 3. The maximum atomic E-state index is 14.7. The maximum absolute atomic E-state index is 14.7. The molecule has 0 aliphatic rings. The molecule has 2 atom stereocenters. The van der Waals surface area contributed by atoms with Gasteiger partial charge in [-0.25, -0.2) is 5.09 Å². The summed E-state index contributed by atoms with van der Waals surface area (Å²) >= 11 is 0. The van der Waals surface area contributed by atoms with Crippen molar-refractivity contribution in [1.29, 1.82) is 5.26 Å². The van der Waals surface area contributed by atoms with Crippen LogP contribution in [0.3, 0.4) is 0 Å². The van der Waals surface area contributed by atoms with Crippen molar-refractivity contribution < 1.29 is 8.98 Å². The lowest BCUT2D eigenvalue weighted by atomic mass is 9.76. The molecule has 0 radical (unpaired) electrons. The number of benzene rings is 3. The number of nitrogens with one attached hydrogen (secondary N) is 1. The van der Waals surface area contributed by atoms with Gasteiger partial charge in [0.05, 0.1) is 18.4 Å². The molecule has 4 rings (SSSR count). The van der Waals surface area contributed by atoms with Crippen molar-refractivity contribution in [2.45, 2.75) is 18.4 Å². The van der Waals surface area contributed by atoms with E-state index >= 15 is 0 Å². The van der Waals surface area contributed by atoms with Crippen LogP contribution in [0, 0.1) is 11.3 Å². The molecule has 0 spiro atoms. The summed E-state index contributed by atoms with van der Waals surface area (Å²) in [7, 11) is -3.31. The molecule has 154 valence electrons. The Bertz CT molecular complexity index is 1160. The minimum atomic E-state index is -3.31. The molecule has 1 aromatic heterocycles. The van der Waals surface area contributed by atoms with Gasteiger partial charge in [-0.05, 0) is 48.9 Å². The van der Waals surface area contributed by atoms with Crippen LogP contribution in [0.15, 0.2) is 114 Å². The topological polar surface area (TPSA) is 66.0 Å². The molecule has 4 aromatic rings. The van der Waals surface area contributed by atoms with Crippen molar-refractivity contribution in [2.75, 3.05) is 0 Å². The number of nitriles is 1. The van der Waals surface area contributed by atoms with Crippen molar-refractivity contribution in [3.63, 3.8) is 0 Å². The summed E-state index contributed by atoms with van der Waals surface area (Å²) in [6.07, 6.45) is 1.57. The minimum absolute atomic E-state index is 0.556. The summed E-state index contributed by atoms with van der Waals surface area (Å²) in [6, 6.07) is 33.6. The van der Waals surface area contributed by atoms with E-state index in [-0.39, 0.29) is 0 Å². The quantitative estimate of drug-likeness (QED) is 0.406. The highest BCUT2D eigenvalue weighted by Crippen LogP contribution is 2.47. The Morgan fingerprint density at radius 1 is 0.839 bits per heavy atom. The van der Waals surface area contributed by atoms with Crippen LogP contribution in [0.25, 0.3) is 0 Å². The molecular weight excluding hydrogens is 403 g/mol. The number of rotatable bonds is 7. The molecule has 0 aliphatic heterocycles. The van der Waals surface area contributed by atoms with Gasteiger partial charge < -0.3 is 4.42 Å². The highest BCUT2D eigenvalue weighted by Gasteiger charge is 2.43. The Labute approximate surface area is 182 Å². The SMILES string of the molecule is C[C@@](C#N)(c1ccccc1)[C@@H](NP(=O)(c1ccccc1)c1ccccc1)c1ccco1. The lowest BCUT2D eigenvalue weighted by Gasteiger charge is -2.35. The minimum Gasteiger partial charge on any atom is -0.468 e. The zero-order valence-electron chi connectivity index (χ0n) is 17.2. The first-order valence-electron chi connectivity index (χ1n) is 10.1. The predicted octanol–water partition coefficient (Wildman–Crippen LogP) is 5.32. The third-order valence-electron chi connectivity index (χ3n) is 5.56. The van der Waals surface area contributed by atoms with Crippen molar-refractivity contribution in [2.24, 2.45) is 0 Å². The van der Waals surface area contributed by atoms with Crippen LogP contribution in [0.4, 0.5) is 0 Å². The first-order chi connectivity index (χ1) is 15.1. The van der Waals surface area contributed by atoms with E-state index in [4.69, 9.17) is 4.42 Å². The molecule has 3 aromatic carbocycles. The molecule has 31 heavy (non-hydrogen) atoms. The van der Waals surface area contributed by atoms with Crippen LogP contribution in [-0.2, 0) is 9.98 Å². The standard InChI is InChI=1S/C26H23N2O2P/c1-26(20-27,21-12-5-2-6-13-21)25(24-18-11-19-30-24)28-31(29,22-14-7-3-8-15-22)23-16-9-4-10-17-23/h2-19,25H,1H3,(H,28,29)/t25-,26+/m0/s1. The van der Waals surface area contributed by atoms with Gasteiger partial charge >= 0.3 is 0 Å². The zero-order chi connectivity index (χ0) is 21.7. The molecule has 4 nitrogen and oxygen atoms in total. The second-order valence-corrected chi connectivity index (χ2v) is 10.0. The van der Waals surface area contributed by atoms with Crippen molar-refractivity contribution >= 4 is 17.9 Å². The third-order valence-corrected chi connectivity index (χ3v) is 8.23. The fourth-order valence-corrected chi connectivity index (χ4v) is 6.30. The largest absolute Gasteiger partial charge is 0.468 e. The van der Waals surface area contributed by atoms with Crippen LogP contribution in [0.1, 0.15) is 24.3 Å². The Balaban J connectivity index is 1.90. The monoisotopic (exact) mass is 426 g/mol. The van der Waals surface area contributed by atoms with E-state index in [9.17, 15) is 9.83 Å². The average molecular weight is 426 g/mol. The van der Waals surface area contributed by atoms with E-state index in [1.165, 1.54) is 0 Å². The van der Waals surface area contributed by atoms with E-state index in [0.29, 0.717) is 16.4 Å². The van der Waals surface area contributed by atoms with Crippen molar-refractivity contribution in [3.8, 4) is 6.07 Å². The Morgan fingerprint density at radius 2 is 1.35 bits per heavy atom. The molecule has 0 unspecified atom stereocenters. The summed E-state index contributed by atoms with van der Waals surface area (Å²) in [5.74, 6) is 0.556. The molecule has 0 aliphatic carbocycles. The average Bonchev–Trinajstić information content (AvgIpc) is 3.38. The van der Waals surface area contributed by atoms with Gasteiger partial charge in [0.15, 0.2) is 0 Å². The summed E-state index contributed by atoms with van der Waals surface area (Å²) in [5, 5.41) is 15.1. The molecule has 5 heteroatoms. The summed E-state index contributed by atoms with van der Waals surface area (Å²) in [4.78, 5) is 0. The van der Waals surface area contributed by atoms with E-state index in [0.717, 1.165) is 5.56 Å². The van der Waals surface area contributed by atoms with Gasteiger partial charge in [-0.3, -0.25) is 4.57 Å². The predicted molar refractivity (Wildman–Crippen MR) is 124 cm³/mol. The van der Waals surface area contributed by atoms with Crippen LogP contribution < -0.4 is 15.7 Å². The van der Waals surface area contributed by atoms with Gasteiger partial charge in [-0.2, -0.15) is 5.26 Å². The van der Waals surface area contributed by atoms with Crippen LogP contribution in [-0.4, -0.2) is 0 Å². The third kappa shape index (κ3) is 3.99.